The maximum absolute atomic E-state index is 12.7. The maximum atomic E-state index is 12.7. The molecule has 0 saturated heterocycles. The van der Waals surface area contributed by atoms with E-state index < -0.39 is 6.10 Å². The molecular weight excluding hydrogens is 685 g/mol. The van der Waals surface area contributed by atoms with Crippen LogP contribution in [0.15, 0.2) is 0 Å². The van der Waals surface area contributed by atoms with Crippen LogP contribution in [-0.2, 0) is 28.6 Å². The first-order chi connectivity index (χ1) is 26.8. The van der Waals surface area contributed by atoms with Gasteiger partial charge in [-0.1, -0.05) is 227 Å². The summed E-state index contributed by atoms with van der Waals surface area (Å²) in [5.41, 5.74) is 0. The Kier molecular flexibility index (Phi) is 40.8. The zero-order valence-electron chi connectivity index (χ0n) is 37.6. The highest BCUT2D eigenvalue weighted by Crippen LogP contribution is 2.17. The summed E-state index contributed by atoms with van der Waals surface area (Å²) in [6.45, 7) is 11.3. The highest BCUT2D eigenvalue weighted by Gasteiger charge is 2.19. The maximum Gasteiger partial charge on any atom is 0.306 e. The van der Waals surface area contributed by atoms with Crippen LogP contribution in [-0.4, -0.2) is 37.2 Å². The number of esters is 3. The van der Waals surface area contributed by atoms with Crippen LogP contribution in [0.3, 0.4) is 0 Å². The van der Waals surface area contributed by atoms with Gasteiger partial charge in [0.1, 0.15) is 13.2 Å². The van der Waals surface area contributed by atoms with Gasteiger partial charge in [-0.25, -0.2) is 0 Å². The Hall–Kier alpha value is -1.59. The summed E-state index contributed by atoms with van der Waals surface area (Å²) >= 11 is 0. The van der Waals surface area contributed by atoms with Gasteiger partial charge >= 0.3 is 17.9 Å². The lowest BCUT2D eigenvalue weighted by Gasteiger charge is -2.18. The Morgan fingerprint density at radius 1 is 0.382 bits per heavy atom. The van der Waals surface area contributed by atoms with Crippen molar-refractivity contribution in [2.75, 3.05) is 13.2 Å². The predicted octanol–water partition coefficient (Wildman–Crippen LogP) is 15.4. The fourth-order valence-corrected chi connectivity index (χ4v) is 7.25. The fourth-order valence-electron chi connectivity index (χ4n) is 7.25. The second-order valence-electron chi connectivity index (χ2n) is 17.5. The molecule has 0 saturated carbocycles. The zero-order chi connectivity index (χ0) is 40.5. The van der Waals surface area contributed by atoms with Gasteiger partial charge in [-0.3, -0.25) is 14.4 Å². The lowest BCUT2D eigenvalue weighted by Crippen LogP contribution is -2.30. The summed E-state index contributed by atoms with van der Waals surface area (Å²) in [5.74, 6) is 0.793. The Balaban J connectivity index is 4.28. The molecule has 0 amide bonds. The SMILES string of the molecule is CCCCCCCCCCCCCC(=O)OC[C@@H](COC(=O)CCCCCCCCCCCCCCCC(C)C)OC(=O)CCCCCCCCC(C)CC. The molecule has 2 atom stereocenters. The summed E-state index contributed by atoms with van der Waals surface area (Å²) in [4.78, 5) is 37.8. The lowest BCUT2D eigenvalue weighted by atomic mass is 10.00. The fraction of sp³-hybridized carbons (Fsp3) is 0.939. The first kappa shape index (κ1) is 53.4. The molecule has 0 aliphatic rings. The normalized spacial score (nSPS) is 12.5. The Labute approximate surface area is 342 Å². The van der Waals surface area contributed by atoms with Crippen molar-refractivity contribution in [2.24, 2.45) is 11.8 Å². The summed E-state index contributed by atoms with van der Waals surface area (Å²) in [6.07, 6.45) is 40.9. The van der Waals surface area contributed by atoms with Gasteiger partial charge in [-0.15, -0.1) is 0 Å². The first-order valence-corrected chi connectivity index (χ1v) is 24.3. The number of carbonyl (C=O) groups excluding carboxylic acids is 3. The van der Waals surface area contributed by atoms with Crippen molar-refractivity contribution < 1.29 is 28.6 Å². The molecule has 55 heavy (non-hydrogen) atoms. The number of carbonyl (C=O) groups is 3. The number of hydrogen-bond donors (Lipinski definition) is 0. The minimum Gasteiger partial charge on any atom is -0.462 e. The molecule has 0 rings (SSSR count). The Bertz CT molecular complexity index is 841. The van der Waals surface area contributed by atoms with Gasteiger partial charge in [-0.05, 0) is 31.1 Å². The molecule has 0 aromatic rings. The van der Waals surface area contributed by atoms with Gasteiger partial charge in [0.15, 0.2) is 6.10 Å². The third-order valence-corrected chi connectivity index (χ3v) is 11.3. The molecule has 0 fully saturated rings. The molecule has 326 valence electrons. The van der Waals surface area contributed by atoms with Gasteiger partial charge in [0.25, 0.3) is 0 Å². The topological polar surface area (TPSA) is 78.9 Å². The van der Waals surface area contributed by atoms with Crippen molar-refractivity contribution in [2.45, 2.75) is 272 Å². The van der Waals surface area contributed by atoms with E-state index in [4.69, 9.17) is 14.2 Å². The van der Waals surface area contributed by atoms with Crippen molar-refractivity contribution in [1.82, 2.24) is 0 Å². The van der Waals surface area contributed by atoms with Crippen LogP contribution in [0.5, 0.6) is 0 Å². The summed E-state index contributed by atoms with van der Waals surface area (Å²) in [6, 6.07) is 0. The average molecular weight is 779 g/mol. The molecule has 0 aromatic heterocycles. The predicted molar refractivity (Wildman–Crippen MR) is 233 cm³/mol. The lowest BCUT2D eigenvalue weighted by molar-refractivity contribution is -0.167. The van der Waals surface area contributed by atoms with Crippen LogP contribution in [0, 0.1) is 11.8 Å². The molecule has 6 heteroatoms. The van der Waals surface area contributed by atoms with Crippen LogP contribution in [0.2, 0.25) is 0 Å². The van der Waals surface area contributed by atoms with E-state index in [1.165, 1.54) is 154 Å². The van der Waals surface area contributed by atoms with Crippen molar-refractivity contribution in [3.8, 4) is 0 Å². The van der Waals surface area contributed by atoms with E-state index in [1.54, 1.807) is 0 Å². The van der Waals surface area contributed by atoms with E-state index in [-0.39, 0.29) is 31.1 Å². The second kappa shape index (κ2) is 42.0. The largest absolute Gasteiger partial charge is 0.462 e. The smallest absolute Gasteiger partial charge is 0.306 e. The molecule has 1 unspecified atom stereocenters. The molecule has 0 bridgehead atoms. The van der Waals surface area contributed by atoms with Crippen LogP contribution in [0.25, 0.3) is 0 Å². The zero-order valence-corrected chi connectivity index (χ0v) is 37.6. The van der Waals surface area contributed by atoms with Gasteiger partial charge in [-0.2, -0.15) is 0 Å². The molecular formula is C49H94O6. The molecule has 6 nitrogen and oxygen atoms in total. The molecule has 0 aromatic carbocycles. The average Bonchev–Trinajstić information content (AvgIpc) is 3.17. The van der Waals surface area contributed by atoms with Crippen molar-refractivity contribution >= 4 is 17.9 Å². The van der Waals surface area contributed by atoms with Crippen LogP contribution < -0.4 is 0 Å². The standard InChI is InChI=1S/C49H94O6/c1-6-8-9-10-11-12-16-20-23-29-34-39-47(50)53-42-46(55-49(52)41-36-31-26-25-28-33-38-45(5)7-2)43-54-48(51)40-35-30-24-21-18-15-13-14-17-19-22-27-32-37-44(3)4/h44-46H,6-43H2,1-5H3/t45?,46-/m0/s1. The third kappa shape index (κ3) is 41.9. The quantitative estimate of drug-likeness (QED) is 0.0348. The van der Waals surface area contributed by atoms with E-state index in [2.05, 4.69) is 34.6 Å². The number of ether oxygens (including phenoxy) is 3. The summed E-state index contributed by atoms with van der Waals surface area (Å²) in [7, 11) is 0. The first-order valence-electron chi connectivity index (χ1n) is 24.3. The van der Waals surface area contributed by atoms with Crippen molar-refractivity contribution in [3.05, 3.63) is 0 Å². The second-order valence-corrected chi connectivity index (χ2v) is 17.5. The molecule has 0 aliphatic heterocycles. The van der Waals surface area contributed by atoms with E-state index in [0.717, 1.165) is 69.6 Å². The van der Waals surface area contributed by atoms with Crippen LogP contribution in [0.4, 0.5) is 0 Å². The summed E-state index contributed by atoms with van der Waals surface area (Å²) < 4.78 is 16.7. The van der Waals surface area contributed by atoms with E-state index in [0.29, 0.717) is 19.3 Å². The Morgan fingerprint density at radius 2 is 0.691 bits per heavy atom. The monoisotopic (exact) mass is 779 g/mol. The summed E-state index contributed by atoms with van der Waals surface area (Å²) in [5, 5.41) is 0. The van der Waals surface area contributed by atoms with Gasteiger partial charge < -0.3 is 14.2 Å². The molecule has 0 heterocycles. The highest BCUT2D eigenvalue weighted by atomic mass is 16.6. The molecule has 0 aliphatic carbocycles. The van der Waals surface area contributed by atoms with E-state index in [9.17, 15) is 14.4 Å². The number of unbranched alkanes of at least 4 members (excludes halogenated alkanes) is 27. The third-order valence-electron chi connectivity index (χ3n) is 11.3. The van der Waals surface area contributed by atoms with Gasteiger partial charge in [0, 0.05) is 19.3 Å². The minimum absolute atomic E-state index is 0.0651. The van der Waals surface area contributed by atoms with Crippen LogP contribution >= 0.6 is 0 Å². The molecule has 0 N–H and O–H groups in total. The molecule has 0 spiro atoms. The van der Waals surface area contributed by atoms with E-state index >= 15 is 0 Å². The van der Waals surface area contributed by atoms with Crippen molar-refractivity contribution in [1.29, 1.82) is 0 Å². The highest BCUT2D eigenvalue weighted by molar-refractivity contribution is 5.71. The van der Waals surface area contributed by atoms with Crippen molar-refractivity contribution in [3.63, 3.8) is 0 Å². The van der Waals surface area contributed by atoms with Gasteiger partial charge in [0.05, 0.1) is 0 Å². The van der Waals surface area contributed by atoms with Gasteiger partial charge in [0.2, 0.25) is 0 Å². The van der Waals surface area contributed by atoms with E-state index in [1.807, 2.05) is 0 Å². The van der Waals surface area contributed by atoms with Crippen LogP contribution in [0.1, 0.15) is 266 Å². The Morgan fingerprint density at radius 3 is 1.04 bits per heavy atom. The number of rotatable bonds is 43. The minimum atomic E-state index is -0.761. The number of hydrogen-bond acceptors (Lipinski definition) is 6. The molecule has 0 radical (unpaired) electrons.